The maximum Gasteiger partial charge on any atom is 0.0784 e. The lowest BCUT2D eigenvalue weighted by molar-refractivity contribution is 1.27. The Balaban J connectivity index is 1.63. The zero-order valence-electron chi connectivity index (χ0n) is 17.7. The molecule has 33 heavy (non-hydrogen) atoms. The zero-order chi connectivity index (χ0) is 21.5. The quantitative estimate of drug-likeness (QED) is 0.264. The maximum absolute atomic E-state index is 3.75. The Morgan fingerprint density at radius 2 is 1.36 bits per heavy atom. The number of hydrogen-bond donors (Lipinski definition) is 1. The van der Waals surface area contributed by atoms with E-state index in [-0.39, 0.29) is 0 Å². The highest BCUT2D eigenvalue weighted by Crippen LogP contribution is 2.45. The molecule has 0 radical (unpaired) electrons. The predicted molar refractivity (Wildman–Crippen MR) is 143 cm³/mol. The number of nitrogens with zero attached hydrogens (tertiary/aromatic N) is 1. The Hall–Kier alpha value is -4.08. The van der Waals surface area contributed by atoms with Crippen LogP contribution >= 0.6 is 11.3 Å². The van der Waals surface area contributed by atoms with Gasteiger partial charge in [-0.05, 0) is 24.3 Å². The van der Waals surface area contributed by atoms with Gasteiger partial charge in [0.25, 0.3) is 0 Å². The third kappa shape index (κ3) is 2.22. The largest absolute Gasteiger partial charge is 0.353 e. The Morgan fingerprint density at radius 3 is 2.30 bits per heavy atom. The van der Waals surface area contributed by atoms with Crippen molar-refractivity contribution in [2.45, 2.75) is 0 Å². The lowest BCUT2D eigenvalue weighted by atomic mass is 10.00. The molecule has 4 aromatic carbocycles. The molecule has 0 saturated heterocycles. The summed E-state index contributed by atoms with van der Waals surface area (Å²) in [6.07, 6.45) is 2.23. The first-order valence-electron chi connectivity index (χ1n) is 11.2. The first-order valence-corrected chi connectivity index (χ1v) is 12.0. The topological polar surface area (TPSA) is 20.2 Å². The van der Waals surface area contributed by atoms with Crippen molar-refractivity contribution in [3.8, 4) is 11.1 Å². The van der Waals surface area contributed by atoms with Crippen LogP contribution in [0.3, 0.4) is 0 Å². The minimum atomic E-state index is 1.18. The van der Waals surface area contributed by atoms with E-state index in [1.807, 2.05) is 11.3 Å². The van der Waals surface area contributed by atoms with Crippen LogP contribution in [0, 0.1) is 0 Å². The molecule has 1 N–H and O–H groups in total. The fourth-order valence-corrected chi connectivity index (χ4v) is 6.78. The van der Waals surface area contributed by atoms with E-state index in [1.54, 1.807) is 0 Å². The molecule has 0 bridgehead atoms. The lowest BCUT2D eigenvalue weighted by Crippen LogP contribution is -1.85. The minimum Gasteiger partial charge on any atom is -0.353 e. The normalized spacial score (nSPS) is 12.2. The van der Waals surface area contributed by atoms with Gasteiger partial charge in [0.15, 0.2) is 0 Å². The number of pyridine rings is 1. The summed E-state index contributed by atoms with van der Waals surface area (Å²) >= 11 is 1.89. The van der Waals surface area contributed by atoms with Crippen LogP contribution < -0.4 is 0 Å². The molecule has 4 heterocycles. The molecule has 0 atom stereocenters. The van der Waals surface area contributed by atoms with Gasteiger partial charge < -0.3 is 9.38 Å². The van der Waals surface area contributed by atoms with Crippen molar-refractivity contribution in [1.82, 2.24) is 9.38 Å². The van der Waals surface area contributed by atoms with E-state index in [0.717, 1.165) is 0 Å². The number of fused-ring (bicyclic) bond motifs is 10. The molecule has 154 valence electrons. The van der Waals surface area contributed by atoms with Crippen LogP contribution in [0.1, 0.15) is 0 Å². The Morgan fingerprint density at radius 1 is 0.606 bits per heavy atom. The molecular formula is C30H18N2S. The molecule has 4 aromatic heterocycles. The van der Waals surface area contributed by atoms with Gasteiger partial charge in [-0.25, -0.2) is 0 Å². The molecule has 0 amide bonds. The van der Waals surface area contributed by atoms with Crippen molar-refractivity contribution in [2.24, 2.45) is 0 Å². The van der Waals surface area contributed by atoms with Crippen LogP contribution in [0.15, 0.2) is 103 Å². The van der Waals surface area contributed by atoms with Crippen molar-refractivity contribution in [3.05, 3.63) is 103 Å². The summed E-state index contributed by atoms with van der Waals surface area (Å²) in [6, 6.07) is 35.1. The fraction of sp³-hybridized carbons (Fsp3) is 0. The van der Waals surface area contributed by atoms with Gasteiger partial charge in [0.05, 0.1) is 16.6 Å². The molecule has 0 aliphatic carbocycles. The van der Waals surface area contributed by atoms with Crippen molar-refractivity contribution >= 4 is 69.7 Å². The molecule has 0 aliphatic rings. The van der Waals surface area contributed by atoms with Crippen LogP contribution in [0.4, 0.5) is 0 Å². The van der Waals surface area contributed by atoms with Gasteiger partial charge >= 0.3 is 0 Å². The van der Waals surface area contributed by atoms with E-state index in [9.17, 15) is 0 Å². The van der Waals surface area contributed by atoms with Crippen LogP contribution in [0.2, 0.25) is 0 Å². The number of nitrogens with one attached hydrogen (secondary N) is 1. The third-order valence-corrected chi connectivity index (χ3v) is 8.18. The minimum absolute atomic E-state index is 1.18. The molecule has 3 heteroatoms. The molecule has 8 rings (SSSR count). The molecular weight excluding hydrogens is 420 g/mol. The van der Waals surface area contributed by atoms with Crippen molar-refractivity contribution < 1.29 is 0 Å². The van der Waals surface area contributed by atoms with E-state index >= 15 is 0 Å². The molecule has 0 aliphatic heterocycles. The highest BCUT2D eigenvalue weighted by atomic mass is 32.1. The van der Waals surface area contributed by atoms with Gasteiger partial charge in [0.1, 0.15) is 0 Å². The van der Waals surface area contributed by atoms with Crippen LogP contribution in [-0.2, 0) is 0 Å². The van der Waals surface area contributed by atoms with Gasteiger partial charge in [-0.3, -0.25) is 0 Å². The van der Waals surface area contributed by atoms with E-state index < -0.39 is 0 Å². The van der Waals surface area contributed by atoms with Crippen molar-refractivity contribution in [3.63, 3.8) is 0 Å². The number of H-pyrrole nitrogens is 1. The number of thiophene rings is 1. The molecule has 2 nitrogen and oxygen atoms in total. The molecule has 0 saturated carbocycles. The summed E-state index contributed by atoms with van der Waals surface area (Å²) in [5, 5.41) is 6.49. The summed E-state index contributed by atoms with van der Waals surface area (Å²) < 4.78 is 5.04. The predicted octanol–water partition coefficient (Wildman–Crippen LogP) is 8.76. The summed E-state index contributed by atoms with van der Waals surface area (Å²) in [5.41, 5.74) is 7.47. The summed E-state index contributed by atoms with van der Waals surface area (Å²) in [4.78, 5) is 3.75. The van der Waals surface area contributed by atoms with Crippen LogP contribution in [-0.4, -0.2) is 9.38 Å². The first kappa shape index (κ1) is 17.5. The Bertz CT molecular complexity index is 2030. The van der Waals surface area contributed by atoms with Gasteiger partial charge in [-0.2, -0.15) is 0 Å². The zero-order valence-corrected chi connectivity index (χ0v) is 18.5. The summed E-state index contributed by atoms with van der Waals surface area (Å²) in [6.45, 7) is 0. The van der Waals surface area contributed by atoms with Gasteiger partial charge in [-0.15, -0.1) is 11.3 Å². The molecule has 8 aromatic rings. The Labute approximate surface area is 193 Å². The second-order valence-electron chi connectivity index (χ2n) is 8.67. The fourth-order valence-electron chi connectivity index (χ4n) is 5.55. The first-order chi connectivity index (χ1) is 16.4. The lowest BCUT2D eigenvalue weighted by Gasteiger charge is -2.05. The molecule has 0 spiro atoms. The monoisotopic (exact) mass is 438 g/mol. The standard InChI is InChI=1S/C30H18N2S/c1-4-13-24-18(8-1)20-16-17-32-25-14-5-2-10-22(25)27(29(32)28(20)31-24)23-12-7-11-21-19-9-3-6-15-26(19)33-30(21)23/h1-17,31H. The molecule has 0 fully saturated rings. The van der Waals surface area contributed by atoms with Gasteiger partial charge in [0, 0.05) is 59.2 Å². The average Bonchev–Trinajstić information content (AvgIpc) is 3.53. The number of aromatic nitrogens is 2. The number of hydrogen-bond acceptors (Lipinski definition) is 1. The summed E-state index contributed by atoms with van der Waals surface area (Å²) in [5.74, 6) is 0. The second kappa shape index (κ2) is 6.25. The van der Waals surface area contributed by atoms with E-state index in [0.29, 0.717) is 0 Å². The van der Waals surface area contributed by atoms with Crippen LogP contribution in [0.25, 0.3) is 69.5 Å². The van der Waals surface area contributed by atoms with Crippen LogP contribution in [0.5, 0.6) is 0 Å². The van der Waals surface area contributed by atoms with E-state index in [2.05, 4.69) is 113 Å². The highest BCUT2D eigenvalue weighted by molar-refractivity contribution is 7.26. The van der Waals surface area contributed by atoms with E-state index in [1.165, 1.54) is 69.5 Å². The van der Waals surface area contributed by atoms with Gasteiger partial charge in [0.2, 0.25) is 0 Å². The summed E-state index contributed by atoms with van der Waals surface area (Å²) in [7, 11) is 0. The SMILES string of the molecule is c1ccc2c(c1)[nH]c1c2ccn2c3ccccc3c(-c3cccc4c3sc3ccccc34)c12. The average molecular weight is 439 g/mol. The third-order valence-electron chi connectivity index (χ3n) is 6.96. The number of benzene rings is 4. The van der Waals surface area contributed by atoms with Crippen molar-refractivity contribution in [2.75, 3.05) is 0 Å². The second-order valence-corrected chi connectivity index (χ2v) is 9.72. The number of aromatic amines is 1. The number of rotatable bonds is 1. The van der Waals surface area contributed by atoms with Gasteiger partial charge in [-0.1, -0.05) is 72.8 Å². The maximum atomic E-state index is 3.75. The molecule has 0 unspecified atom stereocenters. The highest BCUT2D eigenvalue weighted by Gasteiger charge is 2.20. The van der Waals surface area contributed by atoms with E-state index in [4.69, 9.17) is 0 Å². The number of para-hydroxylation sites is 2. The smallest absolute Gasteiger partial charge is 0.0784 e. The van der Waals surface area contributed by atoms with Crippen molar-refractivity contribution in [1.29, 1.82) is 0 Å². The Kier molecular flexibility index (Phi) is 3.31.